The number of ether oxygens (including phenoxy) is 2. The number of benzene rings is 5. The van der Waals surface area contributed by atoms with Crippen LogP contribution in [0, 0.1) is 0 Å². The van der Waals surface area contributed by atoms with Crippen LogP contribution in [-0.2, 0) is 28.6 Å². The van der Waals surface area contributed by atoms with Gasteiger partial charge in [-0.25, -0.2) is 4.79 Å². The second-order valence-corrected chi connectivity index (χ2v) is 15.5. The molecule has 5 aromatic carbocycles. The Morgan fingerprint density at radius 3 is 1.58 bits per heavy atom. The van der Waals surface area contributed by atoms with Crippen molar-refractivity contribution in [2.24, 2.45) is 5.73 Å². The minimum Gasteiger partial charge on any atom is -0.459 e. The molecule has 7 nitrogen and oxygen atoms in total. The summed E-state index contributed by atoms with van der Waals surface area (Å²) in [5.74, 6) is -2.54. The zero-order valence-electron chi connectivity index (χ0n) is 30.5. The van der Waals surface area contributed by atoms with Crippen LogP contribution >= 0.6 is 11.8 Å². The number of carbonyl (C=O) groups excluding carboxylic acids is 3. The third-order valence-corrected chi connectivity index (χ3v) is 11.2. The topological polar surface area (TPSA) is 108 Å². The van der Waals surface area contributed by atoms with Crippen LogP contribution in [0.25, 0.3) is 11.1 Å². The van der Waals surface area contributed by atoms with Crippen molar-refractivity contribution in [3.63, 3.8) is 0 Å². The summed E-state index contributed by atoms with van der Waals surface area (Å²) in [6.45, 7) is 7.18. The Kier molecular flexibility index (Phi) is 11.6. The van der Waals surface area contributed by atoms with E-state index in [1.54, 1.807) is 18.7 Å². The summed E-state index contributed by atoms with van der Waals surface area (Å²) in [5, 5.41) is 2.78. The molecule has 1 aliphatic carbocycles. The molecule has 0 heterocycles. The minimum atomic E-state index is -1.32. The number of ketones is 1. The van der Waals surface area contributed by atoms with E-state index >= 15 is 0 Å². The van der Waals surface area contributed by atoms with Crippen LogP contribution in [0.5, 0.6) is 0 Å². The van der Waals surface area contributed by atoms with Crippen molar-refractivity contribution in [2.45, 2.75) is 62.1 Å². The van der Waals surface area contributed by atoms with Gasteiger partial charge in [0.2, 0.25) is 5.91 Å². The number of hydrogen-bond acceptors (Lipinski definition) is 7. The van der Waals surface area contributed by atoms with E-state index < -0.39 is 46.2 Å². The number of carbonyl (C=O) groups is 3. The zero-order chi connectivity index (χ0) is 37.6. The van der Waals surface area contributed by atoms with Crippen molar-refractivity contribution in [3.8, 4) is 11.1 Å². The molecule has 3 atom stereocenters. The Bertz CT molecular complexity index is 1890. The Morgan fingerprint density at radius 2 is 1.13 bits per heavy atom. The van der Waals surface area contributed by atoms with Gasteiger partial charge in [-0.2, -0.15) is 0 Å². The van der Waals surface area contributed by atoms with Crippen LogP contribution in [0.15, 0.2) is 140 Å². The van der Waals surface area contributed by atoms with Crippen LogP contribution in [0.1, 0.15) is 61.4 Å². The number of rotatable bonds is 14. The second kappa shape index (κ2) is 16.3. The highest BCUT2D eigenvalue weighted by Crippen LogP contribution is 2.48. The molecule has 1 aliphatic rings. The fraction of sp³-hybridized carbons (Fsp3) is 0.267. The predicted molar refractivity (Wildman–Crippen MR) is 212 cm³/mol. The highest BCUT2D eigenvalue weighted by atomic mass is 32.2. The highest BCUT2D eigenvalue weighted by Gasteiger charge is 2.40. The summed E-state index contributed by atoms with van der Waals surface area (Å²) >= 11 is 1.54. The Hall–Kier alpha value is -5.02. The standard InChI is InChI=1S/C45H46N2O5S/c1-30(52-44(2,3)4)40(41(48)43(50)51-28-38-36-26-16-14-24-34(36)35-25-15-17-27-37(35)38)47-42(49)39(46)29-53-45(31-18-8-5-9-19-31,32-20-10-6-11-21-32)33-22-12-7-13-23-33/h5-27,30,38-40H,28-29,46H2,1-4H3,(H,47,49)/t30-,39+,40+/m1/s1. The molecule has 0 bridgehead atoms. The second-order valence-electron chi connectivity index (χ2n) is 14.3. The third kappa shape index (κ3) is 8.31. The van der Waals surface area contributed by atoms with Gasteiger partial charge >= 0.3 is 5.97 Å². The van der Waals surface area contributed by atoms with Gasteiger partial charge in [-0.15, -0.1) is 11.8 Å². The summed E-state index contributed by atoms with van der Waals surface area (Å²) in [5.41, 5.74) is 13.3. The number of thioether (sulfide) groups is 1. The molecule has 5 aromatic rings. The highest BCUT2D eigenvalue weighted by molar-refractivity contribution is 8.00. The SMILES string of the molecule is C[C@@H](OC(C)(C)C)[C@H](NC(=O)[C@@H](N)CSC(c1ccccc1)(c1ccccc1)c1ccccc1)C(=O)C(=O)OCC1c2ccccc2-c2ccccc21. The smallest absolute Gasteiger partial charge is 0.376 e. The maximum Gasteiger partial charge on any atom is 0.376 e. The Labute approximate surface area is 316 Å². The normalized spacial score (nSPS) is 14.4. The Morgan fingerprint density at radius 1 is 0.698 bits per heavy atom. The van der Waals surface area contributed by atoms with Crippen LogP contribution in [0.4, 0.5) is 0 Å². The van der Waals surface area contributed by atoms with E-state index in [4.69, 9.17) is 15.2 Å². The third-order valence-electron chi connectivity index (χ3n) is 9.49. The van der Waals surface area contributed by atoms with Gasteiger partial charge in [-0.3, -0.25) is 9.59 Å². The molecule has 0 aliphatic heterocycles. The first kappa shape index (κ1) is 37.7. The van der Waals surface area contributed by atoms with Gasteiger partial charge in [0.25, 0.3) is 5.78 Å². The number of hydrogen-bond donors (Lipinski definition) is 2. The van der Waals surface area contributed by atoms with Crippen molar-refractivity contribution < 1.29 is 23.9 Å². The van der Waals surface area contributed by atoms with E-state index in [2.05, 4.69) is 41.7 Å². The molecule has 0 fully saturated rings. The quantitative estimate of drug-likeness (QED) is 0.0688. The summed E-state index contributed by atoms with van der Waals surface area (Å²) in [6.07, 6.45) is -0.858. The molecule has 53 heavy (non-hydrogen) atoms. The number of Topliss-reactive ketones (excluding diaryl/α,β-unsaturated/α-hetero) is 1. The van der Waals surface area contributed by atoms with E-state index in [1.165, 1.54) is 0 Å². The van der Waals surface area contributed by atoms with E-state index in [-0.39, 0.29) is 18.3 Å². The molecule has 0 unspecified atom stereocenters. The van der Waals surface area contributed by atoms with Crippen molar-refractivity contribution in [3.05, 3.63) is 167 Å². The number of amides is 1. The van der Waals surface area contributed by atoms with Gasteiger partial charge < -0.3 is 20.5 Å². The van der Waals surface area contributed by atoms with Gasteiger partial charge in [0, 0.05) is 11.7 Å². The molecule has 3 N–H and O–H groups in total. The lowest BCUT2D eigenvalue weighted by molar-refractivity contribution is -0.158. The van der Waals surface area contributed by atoms with E-state index in [1.807, 2.05) is 124 Å². The van der Waals surface area contributed by atoms with Gasteiger partial charge in [-0.1, -0.05) is 140 Å². The van der Waals surface area contributed by atoms with Crippen LogP contribution in [-0.4, -0.2) is 53.8 Å². The molecular weight excluding hydrogens is 681 g/mol. The lowest BCUT2D eigenvalue weighted by Gasteiger charge is -2.36. The first-order valence-corrected chi connectivity index (χ1v) is 18.9. The minimum absolute atomic E-state index is 0.0233. The van der Waals surface area contributed by atoms with E-state index in [0.29, 0.717) is 0 Å². The molecule has 0 radical (unpaired) electrons. The summed E-state index contributed by atoms with van der Waals surface area (Å²) < 4.78 is 11.1. The maximum absolute atomic E-state index is 13.9. The average Bonchev–Trinajstić information content (AvgIpc) is 3.49. The first-order chi connectivity index (χ1) is 25.5. The van der Waals surface area contributed by atoms with Gasteiger partial charge in [0.1, 0.15) is 12.6 Å². The van der Waals surface area contributed by atoms with Crippen molar-refractivity contribution in [2.75, 3.05) is 12.4 Å². The van der Waals surface area contributed by atoms with Gasteiger partial charge in [-0.05, 0) is 66.6 Å². The molecular formula is C45H46N2O5S. The summed E-state index contributed by atoms with van der Waals surface area (Å²) in [4.78, 5) is 41.3. The number of esters is 1. The Balaban J connectivity index is 1.21. The first-order valence-electron chi connectivity index (χ1n) is 17.9. The number of nitrogens with one attached hydrogen (secondary N) is 1. The number of fused-ring (bicyclic) bond motifs is 3. The molecule has 1 amide bonds. The predicted octanol–water partition coefficient (Wildman–Crippen LogP) is 7.65. The lowest BCUT2D eigenvalue weighted by atomic mass is 9.84. The molecule has 0 aromatic heterocycles. The van der Waals surface area contributed by atoms with E-state index in [9.17, 15) is 14.4 Å². The number of nitrogens with two attached hydrogens (primary N) is 1. The maximum atomic E-state index is 13.9. The van der Waals surface area contributed by atoms with E-state index in [0.717, 1.165) is 38.9 Å². The largest absolute Gasteiger partial charge is 0.459 e. The summed E-state index contributed by atoms with van der Waals surface area (Å²) in [7, 11) is 0. The van der Waals surface area contributed by atoms with Crippen LogP contribution in [0.2, 0.25) is 0 Å². The van der Waals surface area contributed by atoms with Crippen molar-refractivity contribution in [1.29, 1.82) is 0 Å². The molecule has 0 spiro atoms. The summed E-state index contributed by atoms with van der Waals surface area (Å²) in [6, 6.07) is 44.0. The van der Waals surface area contributed by atoms with Gasteiger partial charge in [0.05, 0.1) is 22.5 Å². The average molecular weight is 727 g/mol. The van der Waals surface area contributed by atoms with Crippen LogP contribution in [0.3, 0.4) is 0 Å². The van der Waals surface area contributed by atoms with Gasteiger partial charge in [0.15, 0.2) is 0 Å². The fourth-order valence-electron chi connectivity index (χ4n) is 7.14. The van der Waals surface area contributed by atoms with Crippen molar-refractivity contribution in [1.82, 2.24) is 5.32 Å². The zero-order valence-corrected chi connectivity index (χ0v) is 31.3. The van der Waals surface area contributed by atoms with Crippen LogP contribution < -0.4 is 11.1 Å². The molecule has 0 saturated heterocycles. The lowest BCUT2D eigenvalue weighted by Crippen LogP contribution is -2.56. The fourth-order valence-corrected chi connectivity index (χ4v) is 8.63. The van der Waals surface area contributed by atoms with Crippen molar-refractivity contribution >= 4 is 29.4 Å². The molecule has 8 heteroatoms. The molecule has 272 valence electrons. The molecule has 6 rings (SSSR count). The monoisotopic (exact) mass is 726 g/mol. The molecule has 0 saturated carbocycles.